The normalized spacial score (nSPS) is 12.6. The van der Waals surface area contributed by atoms with Gasteiger partial charge >= 0.3 is 5.97 Å². The number of carboxylic acid groups (broad SMARTS) is 1. The predicted molar refractivity (Wildman–Crippen MR) is 74.2 cm³/mol. The molecule has 0 saturated heterocycles. The number of hydrogen-bond acceptors (Lipinski definition) is 2. The molecule has 19 heavy (non-hydrogen) atoms. The van der Waals surface area contributed by atoms with Crippen molar-refractivity contribution in [2.75, 3.05) is 7.05 Å². The molecule has 0 aliphatic carbocycles. The van der Waals surface area contributed by atoms with Gasteiger partial charge in [0.05, 0.1) is 5.71 Å². The minimum absolute atomic E-state index is 0.0990. The van der Waals surface area contributed by atoms with E-state index in [9.17, 15) is 9.18 Å². The summed E-state index contributed by atoms with van der Waals surface area (Å²) in [7, 11) is 1.66. The summed E-state index contributed by atoms with van der Waals surface area (Å²) >= 11 is 0. The molecule has 0 aliphatic heterocycles. The predicted octanol–water partition coefficient (Wildman–Crippen LogP) is 3.36. The molecule has 1 rings (SSSR count). The average molecular weight is 263 g/mol. The lowest BCUT2D eigenvalue weighted by Crippen LogP contribution is -2.01. The van der Waals surface area contributed by atoms with Crippen molar-refractivity contribution in [3.63, 3.8) is 0 Å². The fraction of sp³-hybridized carbons (Fsp3) is 0.333. The molecular weight excluding hydrogens is 245 g/mol. The molecule has 0 heterocycles. The smallest absolute Gasteiger partial charge is 0.303 e. The van der Waals surface area contributed by atoms with Crippen molar-refractivity contribution < 1.29 is 14.3 Å². The summed E-state index contributed by atoms with van der Waals surface area (Å²) in [5.74, 6) is -1.06. The minimum Gasteiger partial charge on any atom is -0.481 e. The monoisotopic (exact) mass is 263 g/mol. The van der Waals surface area contributed by atoms with Gasteiger partial charge in [0.1, 0.15) is 5.82 Å². The highest BCUT2D eigenvalue weighted by atomic mass is 19.1. The van der Waals surface area contributed by atoms with E-state index in [2.05, 4.69) is 4.99 Å². The number of halogens is 1. The number of carbonyl (C=O) groups is 1. The van der Waals surface area contributed by atoms with E-state index in [0.29, 0.717) is 12.0 Å². The lowest BCUT2D eigenvalue weighted by Gasteiger charge is -2.05. The molecule has 102 valence electrons. The van der Waals surface area contributed by atoms with E-state index in [1.165, 1.54) is 6.07 Å². The fourth-order valence-corrected chi connectivity index (χ4v) is 1.69. The zero-order chi connectivity index (χ0) is 14.4. The van der Waals surface area contributed by atoms with Crippen LogP contribution in [0.4, 0.5) is 4.39 Å². The molecule has 1 aromatic rings. The molecule has 0 spiro atoms. The summed E-state index contributed by atoms with van der Waals surface area (Å²) in [5.41, 5.74) is 3.06. The quantitative estimate of drug-likeness (QED) is 0.828. The summed E-state index contributed by atoms with van der Waals surface area (Å²) < 4.78 is 13.2. The van der Waals surface area contributed by atoms with Crippen molar-refractivity contribution in [3.05, 3.63) is 46.8 Å². The summed E-state index contributed by atoms with van der Waals surface area (Å²) in [6, 6.07) is 4.82. The number of rotatable bonds is 5. The van der Waals surface area contributed by atoms with E-state index in [1.54, 1.807) is 26.1 Å². The third-order valence-corrected chi connectivity index (χ3v) is 2.81. The molecule has 0 amide bonds. The number of carboxylic acids is 1. The molecule has 3 nitrogen and oxygen atoms in total. The fourth-order valence-electron chi connectivity index (χ4n) is 1.69. The molecule has 0 aliphatic rings. The van der Waals surface area contributed by atoms with Gasteiger partial charge in [0.25, 0.3) is 0 Å². The van der Waals surface area contributed by atoms with E-state index in [1.807, 2.05) is 13.0 Å². The molecule has 1 aromatic carbocycles. The highest BCUT2D eigenvalue weighted by Crippen LogP contribution is 2.13. The molecule has 0 atom stereocenters. The maximum Gasteiger partial charge on any atom is 0.303 e. The van der Waals surface area contributed by atoms with Crippen LogP contribution in [0.3, 0.4) is 0 Å². The van der Waals surface area contributed by atoms with Gasteiger partial charge in [-0.1, -0.05) is 5.57 Å². The SMILES string of the molecule is CN=C(/C=C(/C)CCC(=O)O)c1ccc(F)c(C)c1. The molecule has 1 N–H and O–H groups in total. The van der Waals surface area contributed by atoms with Crippen LogP contribution in [-0.2, 0) is 4.79 Å². The second-order valence-electron chi connectivity index (χ2n) is 4.46. The Morgan fingerprint density at radius 3 is 2.63 bits per heavy atom. The van der Waals surface area contributed by atoms with E-state index in [-0.39, 0.29) is 12.2 Å². The van der Waals surface area contributed by atoms with E-state index in [4.69, 9.17) is 5.11 Å². The third kappa shape index (κ3) is 4.66. The minimum atomic E-state index is -0.819. The second-order valence-corrected chi connectivity index (χ2v) is 4.46. The number of allylic oxidation sites excluding steroid dienone is 2. The van der Waals surface area contributed by atoms with Crippen molar-refractivity contribution >= 4 is 11.7 Å². The van der Waals surface area contributed by atoms with Gasteiger partial charge in [-0.3, -0.25) is 9.79 Å². The summed E-state index contributed by atoms with van der Waals surface area (Å²) in [6.45, 7) is 3.57. The molecule has 0 aromatic heterocycles. The third-order valence-electron chi connectivity index (χ3n) is 2.81. The van der Waals surface area contributed by atoms with Crippen LogP contribution in [0.15, 0.2) is 34.8 Å². The number of aliphatic carboxylic acids is 1. The van der Waals surface area contributed by atoms with Crippen LogP contribution in [0.2, 0.25) is 0 Å². The molecule has 0 fully saturated rings. The summed E-state index contributed by atoms with van der Waals surface area (Å²) in [5, 5.41) is 8.64. The first-order valence-corrected chi connectivity index (χ1v) is 6.06. The van der Waals surface area contributed by atoms with Gasteiger partial charge < -0.3 is 5.11 Å². The van der Waals surface area contributed by atoms with Crippen molar-refractivity contribution in [1.29, 1.82) is 0 Å². The average Bonchev–Trinajstić information content (AvgIpc) is 2.37. The highest BCUT2D eigenvalue weighted by molar-refractivity contribution is 6.09. The van der Waals surface area contributed by atoms with Crippen molar-refractivity contribution in [3.8, 4) is 0 Å². The van der Waals surface area contributed by atoms with Crippen LogP contribution >= 0.6 is 0 Å². The van der Waals surface area contributed by atoms with Gasteiger partial charge in [-0.2, -0.15) is 0 Å². The van der Waals surface area contributed by atoms with Crippen molar-refractivity contribution in [2.24, 2.45) is 4.99 Å². The Hall–Kier alpha value is -1.97. The van der Waals surface area contributed by atoms with Gasteiger partial charge in [-0.15, -0.1) is 0 Å². The molecule has 4 heteroatoms. The summed E-state index contributed by atoms with van der Waals surface area (Å²) in [4.78, 5) is 14.7. The Balaban J connectivity index is 2.92. The Bertz CT molecular complexity index is 533. The Kier molecular flexibility index (Phi) is 5.42. The van der Waals surface area contributed by atoms with Crippen LogP contribution in [0, 0.1) is 12.7 Å². The molecule has 0 unspecified atom stereocenters. The Morgan fingerprint density at radius 2 is 2.11 bits per heavy atom. The highest BCUT2D eigenvalue weighted by Gasteiger charge is 2.05. The van der Waals surface area contributed by atoms with Gasteiger partial charge in [0, 0.05) is 19.0 Å². The van der Waals surface area contributed by atoms with Crippen LogP contribution in [-0.4, -0.2) is 23.8 Å². The molecule has 0 bridgehead atoms. The first kappa shape index (κ1) is 15.1. The summed E-state index contributed by atoms with van der Waals surface area (Å²) in [6.07, 6.45) is 2.42. The van der Waals surface area contributed by atoms with Gasteiger partial charge in [0.2, 0.25) is 0 Å². The van der Waals surface area contributed by atoms with Crippen LogP contribution in [0.5, 0.6) is 0 Å². The van der Waals surface area contributed by atoms with Crippen molar-refractivity contribution in [2.45, 2.75) is 26.7 Å². The first-order valence-electron chi connectivity index (χ1n) is 6.06. The van der Waals surface area contributed by atoms with Gasteiger partial charge in [-0.05, 0) is 50.1 Å². The number of benzene rings is 1. The van der Waals surface area contributed by atoms with E-state index < -0.39 is 5.97 Å². The molecular formula is C15H18FNO2. The lowest BCUT2D eigenvalue weighted by molar-refractivity contribution is -0.136. The van der Waals surface area contributed by atoms with E-state index >= 15 is 0 Å². The number of hydrogen-bond donors (Lipinski definition) is 1. The van der Waals surface area contributed by atoms with Crippen LogP contribution < -0.4 is 0 Å². The number of aliphatic imine (C=N–C) groups is 1. The standard InChI is InChI=1S/C15H18FNO2/c1-10(4-7-15(18)19)8-14(17-3)12-5-6-13(16)11(2)9-12/h5-6,8-9H,4,7H2,1-3H3,(H,18,19)/b10-8-,17-14?. The zero-order valence-corrected chi connectivity index (χ0v) is 11.4. The van der Waals surface area contributed by atoms with E-state index in [0.717, 1.165) is 16.8 Å². The molecule has 0 saturated carbocycles. The maximum absolute atomic E-state index is 13.2. The second kappa shape index (κ2) is 6.83. The van der Waals surface area contributed by atoms with Gasteiger partial charge in [0.15, 0.2) is 0 Å². The maximum atomic E-state index is 13.2. The largest absolute Gasteiger partial charge is 0.481 e. The number of aryl methyl sites for hydroxylation is 1. The Morgan fingerprint density at radius 1 is 1.42 bits per heavy atom. The Labute approximate surface area is 112 Å². The molecule has 0 radical (unpaired) electrons. The van der Waals surface area contributed by atoms with Crippen LogP contribution in [0.1, 0.15) is 30.9 Å². The van der Waals surface area contributed by atoms with Crippen molar-refractivity contribution in [1.82, 2.24) is 0 Å². The first-order chi connectivity index (χ1) is 8.93. The number of nitrogens with zero attached hydrogens (tertiary/aromatic N) is 1. The topological polar surface area (TPSA) is 49.7 Å². The van der Waals surface area contributed by atoms with Crippen LogP contribution in [0.25, 0.3) is 0 Å². The zero-order valence-electron chi connectivity index (χ0n) is 11.4. The lowest BCUT2D eigenvalue weighted by atomic mass is 10.0. The van der Waals surface area contributed by atoms with Gasteiger partial charge in [-0.25, -0.2) is 4.39 Å².